The van der Waals surface area contributed by atoms with Crippen molar-refractivity contribution in [1.82, 2.24) is 0 Å². The highest BCUT2D eigenvalue weighted by Crippen LogP contribution is 2.72. The molecule has 3 unspecified atom stereocenters. The molecule has 6 aliphatic carbocycles. The summed E-state index contributed by atoms with van der Waals surface area (Å²) in [6.45, 7) is 0. The van der Waals surface area contributed by atoms with Crippen LogP contribution in [-0.2, 0) is 43.9 Å². The van der Waals surface area contributed by atoms with Crippen molar-refractivity contribution in [3.8, 4) is 0 Å². The molecule has 0 aromatic heterocycles. The van der Waals surface area contributed by atoms with Crippen molar-refractivity contribution < 1.29 is 0 Å². The molecule has 210 valence electrons. The van der Waals surface area contributed by atoms with E-state index in [-0.39, 0.29) is 5.41 Å². The third-order valence-corrected chi connectivity index (χ3v) is 16.1. The molecule has 0 saturated carbocycles. The second kappa shape index (κ2) is 5.34. The molecule has 12 aromatic rings. The van der Waals surface area contributed by atoms with Crippen molar-refractivity contribution in [3.05, 3.63) is 104 Å². The number of fused-ring (bicyclic) bond motifs is 2. The average molecular weight is 587 g/mol. The maximum atomic E-state index is 2.79. The molecule has 0 fully saturated rings. The SMILES string of the molecule is c1ccc2c(c1)CC1c3cc4c5c6c(cc7c8c9c%10c%11c(cc%12cc%13c%14c(c%15c3c5c3c%15c5c%14c%12c%11c5c9c3c68)C1(C2)C%13)CC%10C7)C4. The standard InChI is InChI=1S/C47H22/c1-2-4-16-13-47-14-23-10-21-8-18-5-17-6-20-7-19-9-22-11-24(25(47)12-15(16)3-1)33-38-29(22)28(19)35-30(20)34-26(17)27(18)36-31(21)37-32(23)46(47)45(33)44-42(37)40(36)39(34)41(35)43(38)44/h1-4,7-8,10-11,17,25H,5-6,9,12-14H2. The van der Waals surface area contributed by atoms with Crippen molar-refractivity contribution in [2.24, 2.45) is 0 Å². The van der Waals surface area contributed by atoms with Crippen molar-refractivity contribution in [3.63, 3.8) is 0 Å². The first-order valence-corrected chi connectivity index (χ1v) is 18.2. The van der Waals surface area contributed by atoms with E-state index in [0.717, 1.165) is 6.42 Å². The van der Waals surface area contributed by atoms with Crippen LogP contribution in [0.3, 0.4) is 0 Å². The molecule has 6 aliphatic rings. The summed E-state index contributed by atoms with van der Waals surface area (Å²) in [5, 5.41) is 33.3. The quantitative estimate of drug-likeness (QED) is 0.155. The van der Waals surface area contributed by atoms with Crippen LogP contribution in [0.25, 0.3) is 108 Å². The number of hydrogen-bond acceptors (Lipinski definition) is 0. The fourth-order valence-corrected chi connectivity index (χ4v) is 15.3. The van der Waals surface area contributed by atoms with E-state index in [2.05, 4.69) is 48.5 Å². The highest BCUT2D eigenvalue weighted by molar-refractivity contribution is 6.63. The van der Waals surface area contributed by atoms with Crippen LogP contribution in [0.4, 0.5) is 0 Å². The Hall–Kier alpha value is -4.94. The van der Waals surface area contributed by atoms with Crippen LogP contribution in [-0.4, -0.2) is 0 Å². The van der Waals surface area contributed by atoms with E-state index in [1.165, 1.54) is 32.1 Å². The molecule has 0 amide bonds. The van der Waals surface area contributed by atoms with E-state index in [9.17, 15) is 0 Å². The lowest BCUT2D eigenvalue weighted by Gasteiger charge is -2.47. The Morgan fingerprint density at radius 3 is 1.91 bits per heavy atom. The Morgan fingerprint density at radius 1 is 0.426 bits per heavy atom. The first-order chi connectivity index (χ1) is 23.3. The zero-order chi connectivity index (χ0) is 28.9. The highest BCUT2D eigenvalue weighted by Gasteiger charge is 2.55. The average Bonchev–Trinajstić information content (AvgIpc) is 3.90. The van der Waals surface area contributed by atoms with Crippen molar-refractivity contribution in [2.45, 2.75) is 55.8 Å². The minimum atomic E-state index is 0.146. The van der Waals surface area contributed by atoms with E-state index in [4.69, 9.17) is 0 Å². The first-order valence-electron chi connectivity index (χ1n) is 18.2. The molecular weight excluding hydrogens is 565 g/mol. The van der Waals surface area contributed by atoms with Gasteiger partial charge in [-0.05, 0) is 214 Å². The van der Waals surface area contributed by atoms with Crippen molar-refractivity contribution in [2.75, 3.05) is 0 Å². The van der Waals surface area contributed by atoms with Gasteiger partial charge in [-0.1, -0.05) is 48.5 Å². The second-order valence-corrected chi connectivity index (χ2v) is 17.3. The monoisotopic (exact) mass is 586 g/mol. The molecule has 0 radical (unpaired) electrons. The Kier molecular flexibility index (Phi) is 2.31. The normalized spacial score (nSPS) is 24.6. The Balaban J connectivity index is 1.30. The molecule has 0 aliphatic heterocycles. The fraction of sp³-hybridized carbons (Fsp3) is 0.191. The van der Waals surface area contributed by atoms with Crippen LogP contribution in [0.2, 0.25) is 0 Å². The van der Waals surface area contributed by atoms with Crippen LogP contribution in [0.5, 0.6) is 0 Å². The lowest BCUT2D eigenvalue weighted by Crippen LogP contribution is -2.42. The molecule has 12 aromatic carbocycles. The van der Waals surface area contributed by atoms with Gasteiger partial charge >= 0.3 is 0 Å². The fourth-order valence-electron chi connectivity index (χ4n) is 15.3. The summed E-state index contributed by atoms with van der Waals surface area (Å²) >= 11 is 0. The molecule has 1 spiro atoms. The predicted octanol–water partition coefficient (Wildman–Crippen LogP) is 11.1. The van der Waals surface area contributed by atoms with Gasteiger partial charge in [0, 0.05) is 5.41 Å². The molecule has 0 saturated heterocycles. The molecule has 0 N–H and O–H groups in total. The molecular formula is C47H22. The summed E-state index contributed by atoms with van der Waals surface area (Å²) in [5.41, 5.74) is 16.9. The largest absolute Gasteiger partial charge is 0.0620 e. The predicted molar refractivity (Wildman–Crippen MR) is 195 cm³/mol. The molecule has 0 heterocycles. The van der Waals surface area contributed by atoms with Crippen LogP contribution in [0.15, 0.2) is 48.5 Å². The summed E-state index contributed by atoms with van der Waals surface area (Å²) in [7, 11) is 0. The zero-order valence-corrected chi connectivity index (χ0v) is 25.5. The Morgan fingerprint density at radius 2 is 1.04 bits per heavy atom. The van der Waals surface area contributed by atoms with Gasteiger partial charge in [0.2, 0.25) is 0 Å². The second-order valence-electron chi connectivity index (χ2n) is 17.3. The van der Waals surface area contributed by atoms with Gasteiger partial charge in [0.25, 0.3) is 0 Å². The number of hydrogen-bond donors (Lipinski definition) is 0. The lowest BCUT2D eigenvalue weighted by atomic mass is 9.56. The summed E-state index contributed by atoms with van der Waals surface area (Å²) in [5.74, 6) is 1.17. The maximum Gasteiger partial charge on any atom is 0.0119 e. The smallest absolute Gasteiger partial charge is 0.0119 e. The maximum absolute atomic E-state index is 2.79. The third kappa shape index (κ3) is 1.50. The van der Waals surface area contributed by atoms with Gasteiger partial charge in [-0.2, -0.15) is 0 Å². The summed E-state index contributed by atoms with van der Waals surface area (Å²) < 4.78 is 0. The summed E-state index contributed by atoms with van der Waals surface area (Å²) in [6.07, 6.45) is 7.13. The lowest BCUT2D eigenvalue weighted by molar-refractivity contribution is 0.327. The van der Waals surface area contributed by atoms with Crippen LogP contribution >= 0.6 is 0 Å². The molecule has 47 heavy (non-hydrogen) atoms. The van der Waals surface area contributed by atoms with Crippen LogP contribution in [0, 0.1) is 0 Å². The van der Waals surface area contributed by atoms with Gasteiger partial charge < -0.3 is 0 Å². The molecule has 0 bridgehead atoms. The van der Waals surface area contributed by atoms with E-state index < -0.39 is 0 Å². The summed E-state index contributed by atoms with van der Waals surface area (Å²) in [6, 6.07) is 20.4. The molecule has 18 rings (SSSR count). The highest BCUT2D eigenvalue weighted by atomic mass is 14.6. The van der Waals surface area contributed by atoms with E-state index in [0.29, 0.717) is 11.8 Å². The van der Waals surface area contributed by atoms with Crippen LogP contribution < -0.4 is 0 Å². The van der Waals surface area contributed by atoms with E-state index in [1.54, 1.807) is 163 Å². The van der Waals surface area contributed by atoms with Gasteiger partial charge in [0.15, 0.2) is 0 Å². The minimum absolute atomic E-state index is 0.146. The van der Waals surface area contributed by atoms with Gasteiger partial charge in [0.1, 0.15) is 0 Å². The topological polar surface area (TPSA) is 0 Å². The van der Waals surface area contributed by atoms with Crippen molar-refractivity contribution >= 4 is 108 Å². The molecule has 0 heteroatoms. The first kappa shape index (κ1) is 20.3. The number of benzene rings is 9. The minimum Gasteiger partial charge on any atom is -0.0620 e. The molecule has 3 atom stereocenters. The van der Waals surface area contributed by atoms with E-state index >= 15 is 0 Å². The third-order valence-electron chi connectivity index (χ3n) is 16.1. The van der Waals surface area contributed by atoms with Gasteiger partial charge in [0.05, 0.1) is 0 Å². The number of rotatable bonds is 0. The summed E-state index contributed by atoms with van der Waals surface area (Å²) in [4.78, 5) is 0. The van der Waals surface area contributed by atoms with Gasteiger partial charge in [-0.15, -0.1) is 0 Å². The van der Waals surface area contributed by atoms with Gasteiger partial charge in [-0.3, -0.25) is 0 Å². The van der Waals surface area contributed by atoms with Crippen molar-refractivity contribution in [1.29, 1.82) is 0 Å². The zero-order valence-electron chi connectivity index (χ0n) is 25.5. The van der Waals surface area contributed by atoms with E-state index in [1.807, 2.05) is 0 Å². The van der Waals surface area contributed by atoms with Crippen LogP contribution in [0.1, 0.15) is 67.5 Å². The Labute approximate surface area is 266 Å². The Bertz CT molecular complexity index is 3630. The van der Waals surface area contributed by atoms with Gasteiger partial charge in [-0.25, -0.2) is 0 Å². The molecule has 0 nitrogen and oxygen atoms in total.